The molecule has 0 atom stereocenters. The van der Waals surface area contributed by atoms with E-state index in [-0.39, 0.29) is 24.0 Å². The Morgan fingerprint density at radius 1 is 1.24 bits per heavy atom. The van der Waals surface area contributed by atoms with Crippen molar-refractivity contribution in [1.82, 2.24) is 5.32 Å². The van der Waals surface area contributed by atoms with Crippen molar-refractivity contribution in [3.8, 4) is 5.75 Å². The summed E-state index contributed by atoms with van der Waals surface area (Å²) in [6, 6.07) is 11.6. The van der Waals surface area contributed by atoms with Crippen molar-refractivity contribution < 1.29 is 22.7 Å². The number of hydrogen-bond acceptors (Lipinski definition) is 3. The number of furan rings is 1. The molecular formula is C18H14BrF2NO3. The van der Waals surface area contributed by atoms with Crippen LogP contribution in [0.3, 0.4) is 0 Å². The second-order valence-electron chi connectivity index (χ2n) is 5.40. The van der Waals surface area contributed by atoms with Gasteiger partial charge in [-0.3, -0.25) is 4.79 Å². The summed E-state index contributed by atoms with van der Waals surface area (Å²) in [5.41, 5.74) is 2.15. The molecule has 0 fully saturated rings. The molecule has 0 unspecified atom stereocenters. The van der Waals surface area contributed by atoms with Crippen LogP contribution in [0.2, 0.25) is 0 Å². The summed E-state index contributed by atoms with van der Waals surface area (Å²) in [4.78, 5) is 12.4. The maximum absolute atomic E-state index is 12.4. The lowest BCUT2D eigenvalue weighted by atomic mass is 10.1. The summed E-state index contributed by atoms with van der Waals surface area (Å²) in [5.74, 6) is -0.00716. The van der Waals surface area contributed by atoms with E-state index in [4.69, 9.17) is 4.42 Å². The molecule has 3 aromatic rings. The van der Waals surface area contributed by atoms with Crippen LogP contribution in [0, 0.1) is 6.92 Å². The molecule has 1 amide bonds. The zero-order chi connectivity index (χ0) is 18.0. The topological polar surface area (TPSA) is 51.5 Å². The number of nitrogens with one attached hydrogen (secondary N) is 1. The highest BCUT2D eigenvalue weighted by Gasteiger charge is 2.17. The zero-order valence-electron chi connectivity index (χ0n) is 13.2. The van der Waals surface area contributed by atoms with Gasteiger partial charge in [-0.25, -0.2) is 0 Å². The van der Waals surface area contributed by atoms with Gasteiger partial charge in [-0.15, -0.1) is 0 Å². The standard InChI is InChI=1S/C18H14BrF2NO3/c1-10-14-8-12(19)4-7-15(14)25-16(10)17(23)22-9-11-2-5-13(6-3-11)24-18(20)21/h2-8,18H,9H2,1H3,(H,22,23). The summed E-state index contributed by atoms with van der Waals surface area (Å²) in [5, 5.41) is 3.63. The Morgan fingerprint density at radius 2 is 1.96 bits per heavy atom. The van der Waals surface area contributed by atoms with Crippen LogP contribution >= 0.6 is 15.9 Å². The summed E-state index contributed by atoms with van der Waals surface area (Å²) in [6.45, 7) is -0.792. The van der Waals surface area contributed by atoms with Crippen LogP contribution in [-0.4, -0.2) is 12.5 Å². The molecule has 1 aromatic heterocycles. The molecule has 0 saturated heterocycles. The Bertz CT molecular complexity index is 907. The summed E-state index contributed by atoms with van der Waals surface area (Å²) < 4.78 is 35.1. The monoisotopic (exact) mass is 409 g/mol. The van der Waals surface area contributed by atoms with Crippen LogP contribution in [0.4, 0.5) is 8.78 Å². The first-order valence-corrected chi connectivity index (χ1v) is 8.24. The van der Waals surface area contributed by atoms with Crippen LogP contribution in [0.25, 0.3) is 11.0 Å². The van der Waals surface area contributed by atoms with Gasteiger partial charge < -0.3 is 14.5 Å². The van der Waals surface area contributed by atoms with Gasteiger partial charge in [-0.1, -0.05) is 28.1 Å². The molecule has 0 saturated carbocycles. The van der Waals surface area contributed by atoms with Gasteiger partial charge in [0.05, 0.1) is 0 Å². The minimum atomic E-state index is -2.86. The molecule has 1 heterocycles. The van der Waals surface area contributed by atoms with Gasteiger partial charge in [0.25, 0.3) is 5.91 Å². The van der Waals surface area contributed by atoms with Crippen molar-refractivity contribution in [1.29, 1.82) is 0 Å². The van der Waals surface area contributed by atoms with E-state index < -0.39 is 6.61 Å². The third kappa shape index (κ3) is 3.99. The number of rotatable bonds is 5. The number of alkyl halides is 2. The van der Waals surface area contributed by atoms with Crippen LogP contribution in [0.1, 0.15) is 21.7 Å². The van der Waals surface area contributed by atoms with Crippen LogP contribution in [0.5, 0.6) is 5.75 Å². The summed E-state index contributed by atoms with van der Waals surface area (Å²) in [7, 11) is 0. The molecule has 0 aliphatic rings. The number of fused-ring (bicyclic) bond motifs is 1. The normalized spacial score (nSPS) is 11.1. The highest BCUT2D eigenvalue weighted by atomic mass is 79.9. The van der Waals surface area contributed by atoms with E-state index in [0.29, 0.717) is 5.58 Å². The van der Waals surface area contributed by atoms with Crippen molar-refractivity contribution >= 4 is 32.8 Å². The van der Waals surface area contributed by atoms with Crippen LogP contribution < -0.4 is 10.1 Å². The minimum absolute atomic E-state index is 0.0729. The fraction of sp³-hybridized carbons (Fsp3) is 0.167. The van der Waals surface area contributed by atoms with Crippen LogP contribution in [0.15, 0.2) is 51.4 Å². The molecule has 130 valence electrons. The van der Waals surface area contributed by atoms with Gasteiger partial charge in [0.2, 0.25) is 0 Å². The Morgan fingerprint density at radius 3 is 2.64 bits per heavy atom. The average molecular weight is 410 g/mol. The third-order valence-electron chi connectivity index (χ3n) is 3.71. The molecule has 4 nitrogen and oxygen atoms in total. The lowest BCUT2D eigenvalue weighted by Gasteiger charge is -2.07. The first-order chi connectivity index (χ1) is 11.9. The van der Waals surface area contributed by atoms with E-state index in [1.807, 2.05) is 19.1 Å². The lowest BCUT2D eigenvalue weighted by molar-refractivity contribution is -0.0498. The van der Waals surface area contributed by atoms with E-state index in [1.54, 1.807) is 18.2 Å². The van der Waals surface area contributed by atoms with Gasteiger partial charge >= 0.3 is 6.61 Å². The molecule has 1 N–H and O–H groups in total. The van der Waals surface area contributed by atoms with E-state index in [1.165, 1.54) is 12.1 Å². The highest BCUT2D eigenvalue weighted by molar-refractivity contribution is 9.10. The quantitative estimate of drug-likeness (QED) is 0.642. The van der Waals surface area contributed by atoms with E-state index >= 15 is 0 Å². The fourth-order valence-corrected chi connectivity index (χ4v) is 2.82. The molecule has 7 heteroatoms. The average Bonchev–Trinajstić information content (AvgIpc) is 2.90. The smallest absolute Gasteiger partial charge is 0.387 e. The minimum Gasteiger partial charge on any atom is -0.451 e. The van der Waals surface area contributed by atoms with Gasteiger partial charge in [0, 0.05) is 22.0 Å². The molecular weight excluding hydrogens is 396 g/mol. The predicted octanol–water partition coefficient (Wildman–Crippen LogP) is 5.04. The van der Waals surface area contributed by atoms with Crippen molar-refractivity contribution in [3.05, 3.63) is 63.8 Å². The Kier molecular flexibility index (Phi) is 5.03. The van der Waals surface area contributed by atoms with Gasteiger partial charge in [0.1, 0.15) is 11.3 Å². The maximum Gasteiger partial charge on any atom is 0.387 e. The predicted molar refractivity (Wildman–Crippen MR) is 92.9 cm³/mol. The van der Waals surface area contributed by atoms with E-state index in [9.17, 15) is 13.6 Å². The SMILES string of the molecule is Cc1c(C(=O)NCc2ccc(OC(F)F)cc2)oc2ccc(Br)cc12. The van der Waals surface area contributed by atoms with Crippen molar-refractivity contribution in [3.63, 3.8) is 0 Å². The number of aryl methyl sites for hydroxylation is 1. The molecule has 3 rings (SSSR count). The molecule has 0 aliphatic heterocycles. The molecule has 0 bridgehead atoms. The molecule has 25 heavy (non-hydrogen) atoms. The largest absolute Gasteiger partial charge is 0.451 e. The maximum atomic E-state index is 12.4. The number of hydrogen-bond donors (Lipinski definition) is 1. The second kappa shape index (κ2) is 7.23. The Balaban J connectivity index is 1.69. The third-order valence-corrected chi connectivity index (χ3v) is 4.20. The Labute approximate surface area is 150 Å². The molecule has 0 spiro atoms. The lowest BCUT2D eigenvalue weighted by Crippen LogP contribution is -2.22. The van der Waals surface area contributed by atoms with E-state index in [0.717, 1.165) is 21.0 Å². The number of benzene rings is 2. The second-order valence-corrected chi connectivity index (χ2v) is 6.32. The van der Waals surface area contributed by atoms with Crippen LogP contribution in [-0.2, 0) is 6.54 Å². The molecule has 0 aliphatic carbocycles. The number of carbonyl (C=O) groups excluding carboxylic acids is 1. The molecule has 0 radical (unpaired) electrons. The van der Waals surface area contributed by atoms with Gasteiger partial charge in [0.15, 0.2) is 5.76 Å². The highest BCUT2D eigenvalue weighted by Crippen LogP contribution is 2.28. The van der Waals surface area contributed by atoms with Gasteiger partial charge in [-0.2, -0.15) is 8.78 Å². The Hall–Kier alpha value is -2.41. The summed E-state index contributed by atoms with van der Waals surface area (Å²) >= 11 is 3.40. The number of halogens is 3. The number of amides is 1. The molecule has 2 aromatic carbocycles. The first kappa shape index (κ1) is 17.4. The first-order valence-electron chi connectivity index (χ1n) is 7.44. The van der Waals surface area contributed by atoms with Gasteiger partial charge in [-0.05, 0) is 42.8 Å². The zero-order valence-corrected chi connectivity index (χ0v) is 14.8. The van der Waals surface area contributed by atoms with E-state index in [2.05, 4.69) is 26.0 Å². The number of ether oxygens (including phenoxy) is 1. The fourth-order valence-electron chi connectivity index (χ4n) is 2.46. The van der Waals surface area contributed by atoms with Crippen molar-refractivity contribution in [2.45, 2.75) is 20.1 Å². The number of carbonyl (C=O) groups is 1. The summed E-state index contributed by atoms with van der Waals surface area (Å²) in [6.07, 6.45) is 0. The van der Waals surface area contributed by atoms with Crippen molar-refractivity contribution in [2.75, 3.05) is 0 Å². The van der Waals surface area contributed by atoms with Crippen molar-refractivity contribution in [2.24, 2.45) is 0 Å².